The lowest BCUT2D eigenvalue weighted by molar-refractivity contribution is -0.108. The topological polar surface area (TPSA) is 43.1 Å². The SMILES string of the molecule is Cc1cc(N)cc(C2C(C=O)C2(Cl)Cl)c1. The number of anilines is 1. The Labute approximate surface area is 98.4 Å². The van der Waals surface area contributed by atoms with Gasteiger partial charge in [-0.1, -0.05) is 6.07 Å². The fraction of sp³-hybridized carbons (Fsp3) is 0.364. The molecule has 0 radical (unpaired) electrons. The molecule has 15 heavy (non-hydrogen) atoms. The van der Waals surface area contributed by atoms with Crippen molar-refractivity contribution in [3.8, 4) is 0 Å². The molecule has 80 valence electrons. The molecule has 2 N–H and O–H groups in total. The Morgan fingerprint density at radius 1 is 1.40 bits per heavy atom. The summed E-state index contributed by atoms with van der Waals surface area (Å²) in [6.45, 7) is 1.95. The van der Waals surface area contributed by atoms with Gasteiger partial charge in [-0.3, -0.25) is 0 Å². The smallest absolute Gasteiger partial charge is 0.136 e. The first-order valence-corrected chi connectivity index (χ1v) is 5.42. The molecule has 0 aliphatic heterocycles. The van der Waals surface area contributed by atoms with Crippen LogP contribution in [0.3, 0.4) is 0 Å². The summed E-state index contributed by atoms with van der Waals surface area (Å²) in [7, 11) is 0. The Bertz CT molecular complexity index is 397. The Hall–Kier alpha value is -0.730. The molecule has 2 nitrogen and oxygen atoms in total. The highest BCUT2D eigenvalue weighted by Crippen LogP contribution is 2.64. The van der Waals surface area contributed by atoms with Crippen LogP contribution in [0.15, 0.2) is 18.2 Å². The highest BCUT2D eigenvalue weighted by Gasteiger charge is 2.64. The summed E-state index contributed by atoms with van der Waals surface area (Å²) in [5, 5.41) is 0. The molecule has 0 spiro atoms. The second-order valence-electron chi connectivity index (χ2n) is 3.99. The number of carbonyl (C=O) groups excluding carboxylic acids is 1. The average molecular weight is 244 g/mol. The van der Waals surface area contributed by atoms with Gasteiger partial charge in [0.2, 0.25) is 0 Å². The number of alkyl halides is 2. The van der Waals surface area contributed by atoms with Crippen LogP contribution in [0.2, 0.25) is 0 Å². The Kier molecular flexibility index (Phi) is 2.44. The molecule has 0 amide bonds. The summed E-state index contributed by atoms with van der Waals surface area (Å²) in [6.07, 6.45) is 0.809. The van der Waals surface area contributed by atoms with Crippen molar-refractivity contribution in [1.29, 1.82) is 0 Å². The van der Waals surface area contributed by atoms with Gasteiger partial charge in [-0.15, -0.1) is 23.2 Å². The molecule has 0 aromatic heterocycles. The molecule has 2 atom stereocenters. The lowest BCUT2D eigenvalue weighted by Crippen LogP contribution is -1.93. The van der Waals surface area contributed by atoms with Gasteiger partial charge in [0.1, 0.15) is 10.6 Å². The van der Waals surface area contributed by atoms with E-state index >= 15 is 0 Å². The molecule has 1 aliphatic rings. The lowest BCUT2D eigenvalue weighted by Gasteiger charge is -2.04. The van der Waals surface area contributed by atoms with Crippen LogP contribution >= 0.6 is 23.2 Å². The molecule has 1 aromatic rings. The molecular formula is C11H11Cl2NO. The minimum Gasteiger partial charge on any atom is -0.399 e. The second kappa shape index (κ2) is 3.39. The zero-order valence-corrected chi connectivity index (χ0v) is 9.72. The van der Waals surface area contributed by atoms with Gasteiger partial charge in [-0.2, -0.15) is 0 Å². The molecule has 1 saturated carbocycles. The predicted molar refractivity (Wildman–Crippen MR) is 62.3 cm³/mol. The van der Waals surface area contributed by atoms with Crippen LogP contribution in [0.1, 0.15) is 17.0 Å². The van der Waals surface area contributed by atoms with Crippen LogP contribution < -0.4 is 5.73 Å². The summed E-state index contributed by atoms with van der Waals surface area (Å²) < 4.78 is -0.956. The van der Waals surface area contributed by atoms with Crippen molar-refractivity contribution in [3.05, 3.63) is 29.3 Å². The summed E-state index contributed by atoms with van der Waals surface area (Å²) in [4.78, 5) is 10.7. The molecule has 2 rings (SSSR count). The van der Waals surface area contributed by atoms with Crippen LogP contribution in [0.4, 0.5) is 5.69 Å². The first-order valence-electron chi connectivity index (χ1n) is 4.67. The van der Waals surface area contributed by atoms with Crippen LogP contribution in [0.5, 0.6) is 0 Å². The molecule has 1 aromatic carbocycles. The maximum Gasteiger partial charge on any atom is 0.136 e. The zero-order valence-electron chi connectivity index (χ0n) is 8.21. The lowest BCUT2D eigenvalue weighted by atomic mass is 10.1. The number of aldehydes is 1. The van der Waals surface area contributed by atoms with E-state index in [9.17, 15) is 4.79 Å². The van der Waals surface area contributed by atoms with Gasteiger partial charge >= 0.3 is 0 Å². The van der Waals surface area contributed by atoms with Crippen molar-refractivity contribution in [2.45, 2.75) is 17.2 Å². The van der Waals surface area contributed by atoms with E-state index in [-0.39, 0.29) is 11.8 Å². The van der Waals surface area contributed by atoms with Crippen molar-refractivity contribution in [1.82, 2.24) is 0 Å². The van der Waals surface area contributed by atoms with Gasteiger partial charge in [-0.05, 0) is 30.2 Å². The van der Waals surface area contributed by atoms with Crippen LogP contribution in [0, 0.1) is 12.8 Å². The molecule has 2 unspecified atom stereocenters. The van der Waals surface area contributed by atoms with E-state index in [1.807, 2.05) is 25.1 Å². The van der Waals surface area contributed by atoms with Crippen LogP contribution in [-0.2, 0) is 4.79 Å². The average Bonchev–Trinajstić information content (AvgIpc) is 2.66. The van der Waals surface area contributed by atoms with Crippen molar-refractivity contribution in [2.75, 3.05) is 5.73 Å². The Balaban J connectivity index is 2.36. The van der Waals surface area contributed by atoms with Gasteiger partial charge in [0.25, 0.3) is 0 Å². The fourth-order valence-electron chi connectivity index (χ4n) is 1.97. The summed E-state index contributed by atoms with van der Waals surface area (Å²) >= 11 is 12.0. The van der Waals surface area contributed by atoms with Gasteiger partial charge in [0.15, 0.2) is 0 Å². The number of hydrogen-bond acceptors (Lipinski definition) is 2. The molecule has 1 aliphatic carbocycles. The monoisotopic (exact) mass is 243 g/mol. The Morgan fingerprint density at radius 2 is 2.07 bits per heavy atom. The normalized spacial score (nSPS) is 27.4. The number of carbonyl (C=O) groups is 1. The third kappa shape index (κ3) is 1.72. The largest absolute Gasteiger partial charge is 0.399 e. The van der Waals surface area contributed by atoms with Gasteiger partial charge in [0.05, 0.1) is 5.92 Å². The van der Waals surface area contributed by atoms with Crippen LogP contribution in [0.25, 0.3) is 0 Å². The quantitative estimate of drug-likeness (QED) is 0.493. The molecule has 0 saturated heterocycles. The second-order valence-corrected chi connectivity index (χ2v) is 5.44. The van der Waals surface area contributed by atoms with E-state index in [1.165, 1.54) is 0 Å². The minimum absolute atomic E-state index is 0.125. The molecule has 1 fully saturated rings. The zero-order chi connectivity index (χ0) is 11.2. The van der Waals surface area contributed by atoms with E-state index < -0.39 is 4.33 Å². The predicted octanol–water partition coefficient (Wildman–Crippen LogP) is 2.66. The Morgan fingerprint density at radius 3 is 2.53 bits per heavy atom. The highest BCUT2D eigenvalue weighted by atomic mass is 35.5. The molecular weight excluding hydrogens is 233 g/mol. The van der Waals surface area contributed by atoms with E-state index in [2.05, 4.69) is 0 Å². The molecule has 4 heteroatoms. The summed E-state index contributed by atoms with van der Waals surface area (Å²) in [5.41, 5.74) is 8.38. The minimum atomic E-state index is -0.956. The first-order chi connectivity index (χ1) is 6.96. The number of rotatable bonds is 2. The van der Waals surface area contributed by atoms with Crippen LogP contribution in [-0.4, -0.2) is 10.6 Å². The van der Waals surface area contributed by atoms with E-state index in [0.29, 0.717) is 5.69 Å². The first kappa shape index (κ1) is 10.8. The third-order valence-electron chi connectivity index (χ3n) is 2.74. The number of nitrogen functional groups attached to an aromatic ring is 1. The number of nitrogens with two attached hydrogens (primary N) is 1. The molecule has 0 bridgehead atoms. The maximum atomic E-state index is 10.7. The van der Waals surface area contributed by atoms with Crippen molar-refractivity contribution < 1.29 is 4.79 Å². The number of benzene rings is 1. The third-order valence-corrected chi connectivity index (χ3v) is 3.71. The number of halogens is 2. The van der Waals surface area contributed by atoms with Crippen molar-refractivity contribution in [3.63, 3.8) is 0 Å². The van der Waals surface area contributed by atoms with Gasteiger partial charge in [-0.25, -0.2) is 0 Å². The number of aryl methyl sites for hydroxylation is 1. The fourth-order valence-corrected chi connectivity index (χ4v) is 2.72. The van der Waals surface area contributed by atoms with Crippen molar-refractivity contribution >= 4 is 35.2 Å². The standard InChI is InChI=1S/C11H11Cl2NO/c1-6-2-7(4-8(14)3-6)10-9(5-15)11(10,12)13/h2-5,9-10H,14H2,1H3. The maximum absolute atomic E-state index is 10.7. The summed E-state index contributed by atoms with van der Waals surface area (Å²) in [6, 6.07) is 5.65. The summed E-state index contributed by atoms with van der Waals surface area (Å²) in [5.74, 6) is -0.442. The van der Waals surface area contributed by atoms with E-state index in [1.54, 1.807) is 0 Å². The highest BCUT2D eigenvalue weighted by molar-refractivity contribution is 6.53. The van der Waals surface area contributed by atoms with Gasteiger partial charge < -0.3 is 10.5 Å². The van der Waals surface area contributed by atoms with Crippen molar-refractivity contribution in [2.24, 2.45) is 5.92 Å². The van der Waals surface area contributed by atoms with Gasteiger partial charge in [0, 0.05) is 11.6 Å². The van der Waals surface area contributed by atoms with E-state index in [4.69, 9.17) is 28.9 Å². The molecule has 0 heterocycles. The van der Waals surface area contributed by atoms with E-state index in [0.717, 1.165) is 17.4 Å². The number of hydrogen-bond donors (Lipinski definition) is 1.